The number of hydrogen-bond donors (Lipinski definition) is 1. The summed E-state index contributed by atoms with van der Waals surface area (Å²) in [5.74, 6) is 0.700. The van der Waals surface area contributed by atoms with Crippen LogP contribution in [0.25, 0.3) is 0 Å². The molecule has 0 unspecified atom stereocenters. The van der Waals surface area contributed by atoms with E-state index in [2.05, 4.69) is 58.6 Å². The van der Waals surface area contributed by atoms with Gasteiger partial charge in [0.1, 0.15) is 5.75 Å². The molecule has 1 heterocycles. The molecule has 1 N–H and O–H groups in total. The van der Waals surface area contributed by atoms with Crippen LogP contribution in [-0.4, -0.2) is 50.1 Å². The molecule has 30 heavy (non-hydrogen) atoms. The van der Waals surface area contributed by atoms with Crippen LogP contribution in [0.1, 0.15) is 36.5 Å². The lowest BCUT2D eigenvalue weighted by atomic mass is 9.92. The van der Waals surface area contributed by atoms with Gasteiger partial charge in [0.25, 0.3) is 5.91 Å². The van der Waals surface area contributed by atoms with Crippen molar-refractivity contribution in [3.8, 4) is 5.75 Å². The van der Waals surface area contributed by atoms with Crippen LogP contribution in [0.15, 0.2) is 42.5 Å². The Morgan fingerprint density at radius 1 is 1.00 bits per heavy atom. The van der Waals surface area contributed by atoms with Crippen LogP contribution in [0.3, 0.4) is 0 Å². The standard InChI is InChI=1S/C25H33N3O2/c1-19(30-24-12-9-21-5-3-4-6-22(21)17-24)25(29)26-18-20-7-10-23(11-8-20)28-15-13-27(2)14-16-28/h7-12,17,19H,3-6,13-16,18H2,1-2H3,(H,26,29)/t19-/m1/s1. The summed E-state index contributed by atoms with van der Waals surface area (Å²) in [7, 11) is 2.17. The number of amides is 1. The normalized spacial score (nSPS) is 17.9. The molecular weight excluding hydrogens is 374 g/mol. The summed E-state index contributed by atoms with van der Waals surface area (Å²) < 4.78 is 5.92. The lowest BCUT2D eigenvalue weighted by Gasteiger charge is -2.34. The molecule has 5 nitrogen and oxygen atoms in total. The minimum absolute atomic E-state index is 0.0872. The van der Waals surface area contributed by atoms with E-state index in [1.807, 2.05) is 13.0 Å². The molecule has 0 aromatic heterocycles. The number of aryl methyl sites for hydroxylation is 2. The zero-order valence-electron chi connectivity index (χ0n) is 18.2. The van der Waals surface area contributed by atoms with Gasteiger partial charge < -0.3 is 19.9 Å². The lowest BCUT2D eigenvalue weighted by molar-refractivity contribution is -0.127. The topological polar surface area (TPSA) is 44.8 Å². The molecule has 2 aromatic carbocycles. The zero-order chi connectivity index (χ0) is 20.9. The highest BCUT2D eigenvalue weighted by molar-refractivity contribution is 5.80. The van der Waals surface area contributed by atoms with E-state index in [0.29, 0.717) is 6.54 Å². The maximum absolute atomic E-state index is 12.5. The number of rotatable bonds is 6. The first kappa shape index (κ1) is 20.7. The lowest BCUT2D eigenvalue weighted by Crippen LogP contribution is -2.44. The van der Waals surface area contributed by atoms with E-state index in [0.717, 1.165) is 50.3 Å². The van der Waals surface area contributed by atoms with Crippen molar-refractivity contribution in [2.75, 3.05) is 38.1 Å². The number of carbonyl (C=O) groups is 1. The average Bonchev–Trinajstić information content (AvgIpc) is 2.78. The number of anilines is 1. The van der Waals surface area contributed by atoms with Crippen molar-refractivity contribution in [2.24, 2.45) is 0 Å². The number of benzene rings is 2. The molecular formula is C25H33N3O2. The fourth-order valence-corrected chi connectivity index (χ4v) is 4.26. The molecule has 1 amide bonds. The molecule has 0 radical (unpaired) electrons. The van der Waals surface area contributed by atoms with E-state index in [-0.39, 0.29) is 5.91 Å². The van der Waals surface area contributed by atoms with E-state index in [1.165, 1.54) is 29.7 Å². The van der Waals surface area contributed by atoms with Gasteiger partial charge >= 0.3 is 0 Å². The van der Waals surface area contributed by atoms with Gasteiger partial charge in [0.05, 0.1) is 0 Å². The molecule has 2 aromatic rings. The summed E-state index contributed by atoms with van der Waals surface area (Å²) in [6.45, 7) is 6.64. The summed E-state index contributed by atoms with van der Waals surface area (Å²) in [5, 5.41) is 3.00. The Kier molecular flexibility index (Phi) is 6.58. The third-order valence-electron chi connectivity index (χ3n) is 6.27. The van der Waals surface area contributed by atoms with Crippen molar-refractivity contribution in [1.82, 2.24) is 10.2 Å². The Labute approximate surface area is 180 Å². The van der Waals surface area contributed by atoms with Crippen LogP contribution >= 0.6 is 0 Å². The first-order chi connectivity index (χ1) is 14.6. The summed E-state index contributed by atoms with van der Waals surface area (Å²) in [4.78, 5) is 17.3. The summed E-state index contributed by atoms with van der Waals surface area (Å²) in [6.07, 6.45) is 4.25. The number of nitrogens with zero attached hydrogens (tertiary/aromatic N) is 2. The molecule has 1 saturated heterocycles. The van der Waals surface area contributed by atoms with Gasteiger partial charge in [-0.1, -0.05) is 18.2 Å². The van der Waals surface area contributed by atoms with Crippen LogP contribution in [0, 0.1) is 0 Å². The maximum atomic E-state index is 12.5. The van der Waals surface area contributed by atoms with Gasteiger partial charge in [-0.2, -0.15) is 0 Å². The Morgan fingerprint density at radius 3 is 2.43 bits per heavy atom. The third kappa shape index (κ3) is 5.14. The second-order valence-corrected chi connectivity index (χ2v) is 8.57. The molecule has 1 atom stereocenters. The highest BCUT2D eigenvalue weighted by Crippen LogP contribution is 2.26. The highest BCUT2D eigenvalue weighted by atomic mass is 16.5. The van der Waals surface area contributed by atoms with Gasteiger partial charge in [-0.3, -0.25) is 4.79 Å². The molecule has 1 fully saturated rings. The first-order valence-corrected chi connectivity index (χ1v) is 11.2. The van der Waals surface area contributed by atoms with Crippen LogP contribution < -0.4 is 15.0 Å². The van der Waals surface area contributed by atoms with Gasteiger partial charge in [0.15, 0.2) is 6.10 Å². The van der Waals surface area contributed by atoms with E-state index in [4.69, 9.17) is 4.74 Å². The average molecular weight is 408 g/mol. The highest BCUT2D eigenvalue weighted by Gasteiger charge is 2.17. The van der Waals surface area contributed by atoms with Gasteiger partial charge in [-0.15, -0.1) is 0 Å². The number of fused-ring (bicyclic) bond motifs is 1. The monoisotopic (exact) mass is 407 g/mol. The van der Waals surface area contributed by atoms with Crippen molar-refractivity contribution in [2.45, 2.75) is 45.3 Å². The molecule has 0 bridgehead atoms. The number of ether oxygens (including phenoxy) is 1. The van der Waals surface area contributed by atoms with Crippen LogP contribution in [0.4, 0.5) is 5.69 Å². The summed E-state index contributed by atoms with van der Waals surface area (Å²) in [5.41, 5.74) is 5.14. The predicted molar refractivity (Wildman–Crippen MR) is 121 cm³/mol. The van der Waals surface area contributed by atoms with E-state index in [9.17, 15) is 4.79 Å². The van der Waals surface area contributed by atoms with Crippen LogP contribution in [-0.2, 0) is 24.2 Å². The number of hydrogen-bond acceptors (Lipinski definition) is 4. The molecule has 0 saturated carbocycles. The van der Waals surface area contributed by atoms with Crippen molar-refractivity contribution in [1.29, 1.82) is 0 Å². The van der Waals surface area contributed by atoms with Crippen molar-refractivity contribution in [3.05, 3.63) is 59.2 Å². The van der Waals surface area contributed by atoms with Gasteiger partial charge in [0, 0.05) is 38.4 Å². The van der Waals surface area contributed by atoms with Gasteiger partial charge in [-0.05, 0) is 80.6 Å². The van der Waals surface area contributed by atoms with Crippen molar-refractivity contribution in [3.63, 3.8) is 0 Å². The number of piperazine rings is 1. The summed E-state index contributed by atoms with van der Waals surface area (Å²) in [6, 6.07) is 14.8. The number of carbonyl (C=O) groups excluding carboxylic acids is 1. The van der Waals surface area contributed by atoms with E-state index in [1.54, 1.807) is 0 Å². The molecule has 0 spiro atoms. The Bertz CT molecular complexity index is 857. The molecule has 4 rings (SSSR count). The third-order valence-corrected chi connectivity index (χ3v) is 6.27. The Balaban J connectivity index is 1.26. The summed E-state index contributed by atoms with van der Waals surface area (Å²) >= 11 is 0. The van der Waals surface area contributed by atoms with Gasteiger partial charge in [0.2, 0.25) is 0 Å². The molecule has 160 valence electrons. The Hall–Kier alpha value is -2.53. The smallest absolute Gasteiger partial charge is 0.261 e. The second kappa shape index (κ2) is 9.52. The Morgan fingerprint density at radius 2 is 1.70 bits per heavy atom. The molecule has 1 aliphatic carbocycles. The molecule has 1 aliphatic heterocycles. The minimum atomic E-state index is -0.517. The number of likely N-dealkylation sites (N-methyl/N-ethyl adjacent to an activating group) is 1. The van der Waals surface area contributed by atoms with Crippen molar-refractivity contribution < 1.29 is 9.53 Å². The van der Waals surface area contributed by atoms with E-state index < -0.39 is 6.10 Å². The maximum Gasteiger partial charge on any atom is 0.261 e. The van der Waals surface area contributed by atoms with Crippen LogP contribution in [0.5, 0.6) is 5.75 Å². The predicted octanol–water partition coefficient (Wildman–Crippen LogP) is 3.40. The fraction of sp³-hybridized carbons (Fsp3) is 0.480. The quantitative estimate of drug-likeness (QED) is 0.797. The first-order valence-electron chi connectivity index (χ1n) is 11.2. The molecule has 2 aliphatic rings. The second-order valence-electron chi connectivity index (χ2n) is 8.57. The van der Waals surface area contributed by atoms with Crippen molar-refractivity contribution >= 4 is 11.6 Å². The zero-order valence-corrected chi connectivity index (χ0v) is 18.2. The minimum Gasteiger partial charge on any atom is -0.481 e. The SMILES string of the molecule is C[C@@H](Oc1ccc2c(c1)CCCC2)C(=O)NCc1ccc(N2CCN(C)CC2)cc1. The van der Waals surface area contributed by atoms with Crippen LogP contribution in [0.2, 0.25) is 0 Å². The molecule has 5 heteroatoms. The largest absolute Gasteiger partial charge is 0.481 e. The van der Waals surface area contributed by atoms with E-state index >= 15 is 0 Å². The number of nitrogens with one attached hydrogen (secondary N) is 1. The fourth-order valence-electron chi connectivity index (χ4n) is 4.26. The van der Waals surface area contributed by atoms with Gasteiger partial charge in [-0.25, -0.2) is 0 Å².